The highest BCUT2D eigenvalue weighted by Gasteiger charge is 2.12. The van der Waals surface area contributed by atoms with Crippen LogP contribution in [0.5, 0.6) is 0 Å². The number of carboxylic acid groups (broad SMARTS) is 1. The Morgan fingerprint density at radius 2 is 1.62 bits per heavy atom. The minimum absolute atomic E-state index is 0.159. The van der Waals surface area contributed by atoms with Gasteiger partial charge in [-0.25, -0.2) is 4.79 Å². The standard InChI is InChI=1S/C17H17NO3/c1-12-2-4-13(5-3-12)6-7-14-8-9-15(18-11-14)10-16(19)17(20)21/h2-5,8-9,11H,6-7,10H2,1H3,(H,20,21). The molecule has 0 spiro atoms. The average molecular weight is 283 g/mol. The van der Waals surface area contributed by atoms with Crippen LogP contribution in [-0.2, 0) is 28.9 Å². The smallest absolute Gasteiger partial charge is 0.372 e. The van der Waals surface area contributed by atoms with Gasteiger partial charge in [0.15, 0.2) is 0 Å². The summed E-state index contributed by atoms with van der Waals surface area (Å²) in [6.45, 7) is 2.06. The topological polar surface area (TPSA) is 67.3 Å². The Hall–Kier alpha value is -2.49. The summed E-state index contributed by atoms with van der Waals surface area (Å²) in [5.74, 6) is -2.25. The molecule has 1 N–H and O–H groups in total. The summed E-state index contributed by atoms with van der Waals surface area (Å²) >= 11 is 0. The summed E-state index contributed by atoms with van der Waals surface area (Å²) in [5.41, 5.74) is 4.07. The number of nitrogens with zero attached hydrogens (tertiary/aromatic N) is 1. The molecule has 4 nitrogen and oxygen atoms in total. The molecule has 0 saturated carbocycles. The van der Waals surface area contributed by atoms with Crippen LogP contribution in [-0.4, -0.2) is 21.8 Å². The maximum Gasteiger partial charge on any atom is 0.372 e. The highest BCUT2D eigenvalue weighted by atomic mass is 16.4. The van der Waals surface area contributed by atoms with E-state index in [1.165, 1.54) is 11.1 Å². The number of carbonyl (C=O) groups excluding carboxylic acids is 1. The lowest BCUT2D eigenvalue weighted by Crippen LogP contribution is -2.15. The molecule has 4 heteroatoms. The fraction of sp³-hybridized carbons (Fsp3) is 0.235. The highest BCUT2D eigenvalue weighted by molar-refractivity contribution is 6.33. The normalized spacial score (nSPS) is 10.3. The van der Waals surface area contributed by atoms with Crippen LogP contribution in [0.3, 0.4) is 0 Å². The van der Waals surface area contributed by atoms with Gasteiger partial charge in [-0.05, 0) is 37.0 Å². The highest BCUT2D eigenvalue weighted by Crippen LogP contribution is 2.09. The Balaban J connectivity index is 1.91. The van der Waals surface area contributed by atoms with Gasteiger partial charge in [0.1, 0.15) is 0 Å². The Morgan fingerprint density at radius 3 is 2.19 bits per heavy atom. The van der Waals surface area contributed by atoms with Crippen molar-refractivity contribution >= 4 is 11.8 Å². The summed E-state index contributed by atoms with van der Waals surface area (Å²) in [5, 5.41) is 8.55. The first kappa shape index (κ1) is 14.9. The summed E-state index contributed by atoms with van der Waals surface area (Å²) in [7, 11) is 0. The molecule has 0 aliphatic heterocycles. The molecule has 21 heavy (non-hydrogen) atoms. The van der Waals surface area contributed by atoms with E-state index < -0.39 is 11.8 Å². The molecule has 0 amide bonds. The zero-order valence-electron chi connectivity index (χ0n) is 11.9. The molecule has 1 aromatic heterocycles. The van der Waals surface area contributed by atoms with Gasteiger partial charge in [-0.15, -0.1) is 0 Å². The van der Waals surface area contributed by atoms with E-state index in [1.54, 1.807) is 12.3 Å². The van der Waals surface area contributed by atoms with Gasteiger partial charge < -0.3 is 5.11 Å². The van der Waals surface area contributed by atoms with E-state index in [0.29, 0.717) is 5.69 Å². The van der Waals surface area contributed by atoms with Crippen LogP contribution in [0.1, 0.15) is 22.4 Å². The van der Waals surface area contributed by atoms with E-state index in [9.17, 15) is 9.59 Å². The van der Waals surface area contributed by atoms with E-state index in [0.717, 1.165) is 18.4 Å². The molecule has 0 unspecified atom stereocenters. The van der Waals surface area contributed by atoms with E-state index in [4.69, 9.17) is 5.11 Å². The van der Waals surface area contributed by atoms with E-state index in [-0.39, 0.29) is 6.42 Å². The molecule has 0 radical (unpaired) electrons. The fourth-order valence-corrected chi connectivity index (χ4v) is 1.99. The van der Waals surface area contributed by atoms with Gasteiger partial charge in [0.05, 0.1) is 6.42 Å². The quantitative estimate of drug-likeness (QED) is 0.826. The van der Waals surface area contributed by atoms with Crippen LogP contribution >= 0.6 is 0 Å². The number of Topliss-reactive ketones (excluding diaryl/α,β-unsaturated/α-hetero) is 1. The zero-order chi connectivity index (χ0) is 15.2. The van der Waals surface area contributed by atoms with Crippen molar-refractivity contribution in [1.82, 2.24) is 4.98 Å². The fourth-order valence-electron chi connectivity index (χ4n) is 1.99. The molecule has 0 aliphatic carbocycles. The molecule has 108 valence electrons. The number of aryl methyl sites for hydroxylation is 3. The molecular weight excluding hydrogens is 266 g/mol. The van der Waals surface area contributed by atoms with Crippen molar-refractivity contribution in [1.29, 1.82) is 0 Å². The number of hydrogen-bond donors (Lipinski definition) is 1. The molecular formula is C17H17NO3. The lowest BCUT2D eigenvalue weighted by Gasteiger charge is -2.04. The Morgan fingerprint density at radius 1 is 1.00 bits per heavy atom. The minimum atomic E-state index is -1.42. The van der Waals surface area contributed by atoms with E-state index in [1.807, 2.05) is 6.07 Å². The summed E-state index contributed by atoms with van der Waals surface area (Å²) < 4.78 is 0. The van der Waals surface area contributed by atoms with Gasteiger partial charge in [0, 0.05) is 11.9 Å². The predicted molar refractivity (Wildman–Crippen MR) is 79.2 cm³/mol. The first-order valence-corrected chi connectivity index (χ1v) is 6.80. The third-order valence-electron chi connectivity index (χ3n) is 3.29. The molecule has 1 heterocycles. The van der Waals surface area contributed by atoms with E-state index in [2.05, 4.69) is 36.2 Å². The van der Waals surface area contributed by atoms with Crippen LogP contribution in [0.25, 0.3) is 0 Å². The van der Waals surface area contributed by atoms with Crippen LogP contribution < -0.4 is 0 Å². The van der Waals surface area contributed by atoms with E-state index >= 15 is 0 Å². The van der Waals surface area contributed by atoms with Gasteiger partial charge in [0.2, 0.25) is 5.78 Å². The van der Waals surface area contributed by atoms with Gasteiger partial charge in [-0.3, -0.25) is 9.78 Å². The number of rotatable bonds is 6. The minimum Gasteiger partial charge on any atom is -0.475 e. The SMILES string of the molecule is Cc1ccc(CCc2ccc(CC(=O)C(=O)O)nc2)cc1. The van der Waals surface area contributed by atoms with Crippen LogP contribution in [0.15, 0.2) is 42.6 Å². The number of pyridine rings is 1. The number of benzene rings is 1. The lowest BCUT2D eigenvalue weighted by atomic mass is 10.0. The van der Waals surface area contributed by atoms with Crippen molar-refractivity contribution in [2.24, 2.45) is 0 Å². The van der Waals surface area contributed by atoms with Crippen molar-refractivity contribution in [3.63, 3.8) is 0 Å². The molecule has 2 aromatic rings. The van der Waals surface area contributed by atoms with Crippen molar-refractivity contribution in [2.45, 2.75) is 26.2 Å². The Bertz CT molecular complexity index is 630. The second-order valence-electron chi connectivity index (χ2n) is 5.05. The first-order chi connectivity index (χ1) is 10.0. The van der Waals surface area contributed by atoms with Gasteiger partial charge in [-0.1, -0.05) is 35.9 Å². The Kier molecular flexibility index (Phi) is 4.82. The monoisotopic (exact) mass is 283 g/mol. The maximum absolute atomic E-state index is 11.1. The third-order valence-corrected chi connectivity index (χ3v) is 3.29. The lowest BCUT2D eigenvalue weighted by molar-refractivity contribution is -0.148. The zero-order valence-corrected chi connectivity index (χ0v) is 11.9. The summed E-state index contributed by atoms with van der Waals surface area (Å²) in [6, 6.07) is 12.0. The number of aliphatic carboxylic acids is 1. The van der Waals surface area contributed by atoms with Crippen molar-refractivity contribution in [2.75, 3.05) is 0 Å². The third kappa shape index (κ3) is 4.53. The van der Waals surface area contributed by atoms with Crippen LogP contribution in [0.4, 0.5) is 0 Å². The molecule has 0 atom stereocenters. The average Bonchev–Trinajstić information content (AvgIpc) is 2.48. The van der Waals surface area contributed by atoms with Gasteiger partial charge in [-0.2, -0.15) is 0 Å². The van der Waals surface area contributed by atoms with Crippen LogP contribution in [0, 0.1) is 6.92 Å². The number of ketones is 1. The summed E-state index contributed by atoms with van der Waals surface area (Å²) in [4.78, 5) is 25.7. The first-order valence-electron chi connectivity index (χ1n) is 6.80. The number of aromatic nitrogens is 1. The van der Waals surface area contributed by atoms with Gasteiger partial charge in [0.25, 0.3) is 0 Å². The van der Waals surface area contributed by atoms with Gasteiger partial charge >= 0.3 is 5.97 Å². The molecule has 1 aromatic carbocycles. The maximum atomic E-state index is 11.1. The second kappa shape index (κ2) is 6.79. The second-order valence-corrected chi connectivity index (χ2v) is 5.05. The van der Waals surface area contributed by atoms with Crippen molar-refractivity contribution < 1.29 is 14.7 Å². The van der Waals surface area contributed by atoms with Crippen LogP contribution in [0.2, 0.25) is 0 Å². The number of carboxylic acids is 1. The molecule has 0 fully saturated rings. The molecule has 2 rings (SSSR count). The van der Waals surface area contributed by atoms with Crippen molar-refractivity contribution in [3.05, 3.63) is 65.0 Å². The molecule has 0 saturated heterocycles. The van der Waals surface area contributed by atoms with Crippen molar-refractivity contribution in [3.8, 4) is 0 Å². The number of carbonyl (C=O) groups is 2. The Labute approximate surface area is 123 Å². The number of hydrogen-bond acceptors (Lipinski definition) is 3. The molecule has 0 bridgehead atoms. The predicted octanol–water partition coefficient (Wildman–Crippen LogP) is 2.37. The molecule has 0 aliphatic rings. The largest absolute Gasteiger partial charge is 0.475 e. The summed E-state index contributed by atoms with van der Waals surface area (Å²) in [6.07, 6.45) is 3.34.